The van der Waals surface area contributed by atoms with E-state index in [4.69, 9.17) is 16.3 Å². The predicted octanol–water partition coefficient (Wildman–Crippen LogP) is 3.63. The van der Waals surface area contributed by atoms with E-state index in [1.54, 1.807) is 38.1 Å². The molecule has 3 rings (SSSR count). The molecular weight excluding hydrogens is 312 g/mol. The van der Waals surface area contributed by atoms with Gasteiger partial charge in [0, 0.05) is 16.1 Å². The second-order valence-corrected chi connectivity index (χ2v) is 6.38. The fraction of sp³-hybridized carbons (Fsp3) is 0.222. The lowest BCUT2D eigenvalue weighted by Crippen LogP contribution is -2.37. The van der Waals surface area contributed by atoms with Crippen LogP contribution in [0.1, 0.15) is 25.0 Å². The summed E-state index contributed by atoms with van der Waals surface area (Å²) in [5, 5.41) is 0.572. The molecule has 5 heteroatoms. The van der Waals surface area contributed by atoms with Crippen LogP contribution in [0.25, 0.3) is 5.53 Å². The average Bonchev–Trinajstić information content (AvgIpc) is 2.76. The number of Topliss-reactive ketones (excluding diaryl/α,β-unsaturated/α-hetero) is 1. The van der Waals surface area contributed by atoms with Gasteiger partial charge in [0.2, 0.25) is 5.60 Å². The van der Waals surface area contributed by atoms with Crippen LogP contribution in [0.5, 0.6) is 0 Å². The van der Waals surface area contributed by atoms with E-state index in [1.807, 2.05) is 30.3 Å². The van der Waals surface area contributed by atoms with Gasteiger partial charge in [0.05, 0.1) is 0 Å². The number of ether oxygens (including phenoxy) is 1. The zero-order valence-corrected chi connectivity index (χ0v) is 13.5. The summed E-state index contributed by atoms with van der Waals surface area (Å²) in [5.41, 5.74) is 8.55. The summed E-state index contributed by atoms with van der Waals surface area (Å²) in [6, 6.07) is 16.2. The quantitative estimate of drug-likeness (QED) is 0.625. The van der Waals surface area contributed by atoms with E-state index < -0.39 is 11.2 Å². The van der Waals surface area contributed by atoms with Crippen molar-refractivity contribution in [3.63, 3.8) is 0 Å². The SMILES string of the molecule is CC1(C)OC(c2ccccc2)(c2ccc(Cl)cc2)C(=[N+]=[N-])C1=O. The zero-order chi connectivity index (χ0) is 16.7. The van der Waals surface area contributed by atoms with Gasteiger partial charge in [-0.3, -0.25) is 4.79 Å². The largest absolute Gasteiger partial charge is 0.378 e. The third-order valence-corrected chi connectivity index (χ3v) is 4.29. The van der Waals surface area contributed by atoms with Crippen LogP contribution >= 0.6 is 11.6 Å². The van der Waals surface area contributed by atoms with Gasteiger partial charge in [-0.2, -0.15) is 4.79 Å². The molecule has 0 bridgehead atoms. The number of benzene rings is 2. The first-order chi connectivity index (χ1) is 10.9. The minimum absolute atomic E-state index is 0.0315. The molecule has 0 radical (unpaired) electrons. The van der Waals surface area contributed by atoms with Gasteiger partial charge < -0.3 is 10.3 Å². The summed E-state index contributed by atoms with van der Waals surface area (Å²) in [4.78, 5) is 15.9. The normalized spacial score (nSPS) is 22.9. The van der Waals surface area contributed by atoms with Gasteiger partial charge in [-0.15, -0.1) is 0 Å². The summed E-state index contributed by atoms with van der Waals surface area (Å²) in [6.45, 7) is 3.34. The van der Waals surface area contributed by atoms with E-state index in [0.29, 0.717) is 16.1 Å². The maximum atomic E-state index is 12.6. The highest BCUT2D eigenvalue weighted by Crippen LogP contribution is 2.44. The fourth-order valence-electron chi connectivity index (χ4n) is 2.95. The molecule has 0 spiro atoms. The van der Waals surface area contributed by atoms with Crippen LogP contribution in [0.15, 0.2) is 54.6 Å². The smallest absolute Gasteiger partial charge is 0.361 e. The molecule has 1 unspecified atom stereocenters. The number of halogens is 1. The van der Waals surface area contributed by atoms with Crippen LogP contribution in [0.2, 0.25) is 5.02 Å². The lowest BCUT2D eigenvalue weighted by molar-refractivity contribution is -0.132. The van der Waals surface area contributed by atoms with E-state index in [9.17, 15) is 10.3 Å². The molecule has 0 amide bonds. The Morgan fingerprint density at radius 1 is 1.00 bits per heavy atom. The highest BCUT2D eigenvalue weighted by atomic mass is 35.5. The number of hydrogen-bond acceptors (Lipinski definition) is 2. The highest BCUT2D eigenvalue weighted by Gasteiger charge is 2.64. The van der Waals surface area contributed by atoms with Crippen molar-refractivity contribution in [2.24, 2.45) is 0 Å². The molecule has 0 aromatic heterocycles. The topological polar surface area (TPSA) is 62.7 Å². The third-order valence-electron chi connectivity index (χ3n) is 4.03. The lowest BCUT2D eigenvalue weighted by Gasteiger charge is -2.28. The first-order valence-electron chi connectivity index (χ1n) is 7.21. The molecule has 0 aliphatic carbocycles. The van der Waals surface area contributed by atoms with Crippen LogP contribution < -0.4 is 0 Å². The van der Waals surface area contributed by atoms with Gasteiger partial charge in [0.25, 0.3) is 5.78 Å². The van der Waals surface area contributed by atoms with Crippen molar-refractivity contribution in [3.8, 4) is 0 Å². The standard InChI is InChI=1S/C18H15ClN2O2/c1-17(2)16(22)15(21-20)18(23-17,12-6-4-3-5-7-12)13-8-10-14(19)11-9-13/h3-11H,1-2H3. The Morgan fingerprint density at radius 2 is 1.57 bits per heavy atom. The molecule has 4 nitrogen and oxygen atoms in total. The number of carbonyl (C=O) groups excluding carboxylic acids is 1. The van der Waals surface area contributed by atoms with E-state index in [0.717, 1.165) is 0 Å². The third kappa shape index (κ3) is 2.32. The summed E-state index contributed by atoms with van der Waals surface area (Å²) in [6.07, 6.45) is 0. The number of ketones is 1. The van der Waals surface area contributed by atoms with Gasteiger partial charge in [-0.1, -0.05) is 54.1 Å². The Labute approximate surface area is 139 Å². The minimum atomic E-state index is -1.26. The van der Waals surface area contributed by atoms with Crippen molar-refractivity contribution in [1.29, 1.82) is 0 Å². The molecule has 2 aromatic carbocycles. The molecule has 116 valence electrons. The van der Waals surface area contributed by atoms with Gasteiger partial charge in [-0.05, 0) is 26.0 Å². The van der Waals surface area contributed by atoms with E-state index in [1.165, 1.54) is 0 Å². The number of rotatable bonds is 2. The lowest BCUT2D eigenvalue weighted by atomic mass is 9.81. The molecule has 1 heterocycles. The Hall–Kier alpha value is -2.26. The monoisotopic (exact) mass is 326 g/mol. The zero-order valence-electron chi connectivity index (χ0n) is 12.8. The van der Waals surface area contributed by atoms with Crippen molar-refractivity contribution in [3.05, 3.63) is 76.3 Å². The average molecular weight is 327 g/mol. The number of hydrogen-bond donors (Lipinski definition) is 0. The number of nitrogens with zero attached hydrogens (tertiary/aromatic N) is 2. The van der Waals surface area contributed by atoms with Crippen molar-refractivity contribution in [2.45, 2.75) is 25.0 Å². The van der Waals surface area contributed by atoms with Crippen molar-refractivity contribution in [1.82, 2.24) is 0 Å². The Bertz CT molecular complexity index is 809. The molecule has 1 aliphatic heterocycles. The molecule has 2 aromatic rings. The second kappa shape index (κ2) is 5.43. The summed E-state index contributed by atoms with van der Waals surface area (Å²) in [5.74, 6) is -0.348. The van der Waals surface area contributed by atoms with Gasteiger partial charge >= 0.3 is 5.71 Å². The van der Waals surface area contributed by atoms with E-state index >= 15 is 0 Å². The van der Waals surface area contributed by atoms with Crippen LogP contribution in [0.4, 0.5) is 0 Å². The predicted molar refractivity (Wildman–Crippen MR) is 87.5 cm³/mol. The molecule has 0 N–H and O–H groups in total. The molecule has 0 saturated carbocycles. The first-order valence-corrected chi connectivity index (χ1v) is 7.58. The van der Waals surface area contributed by atoms with Gasteiger partial charge in [0.15, 0.2) is 0 Å². The van der Waals surface area contributed by atoms with Crippen LogP contribution in [0, 0.1) is 0 Å². The Kier molecular flexibility index (Phi) is 3.69. The molecule has 1 fully saturated rings. The number of carbonyl (C=O) groups is 1. The maximum Gasteiger partial charge on any atom is 0.378 e. The van der Waals surface area contributed by atoms with Crippen molar-refractivity contribution in [2.75, 3.05) is 0 Å². The van der Waals surface area contributed by atoms with E-state index in [-0.39, 0.29) is 11.5 Å². The Balaban J connectivity index is 2.34. The second-order valence-electron chi connectivity index (χ2n) is 5.94. The van der Waals surface area contributed by atoms with Crippen LogP contribution in [-0.2, 0) is 15.1 Å². The minimum Gasteiger partial charge on any atom is -0.361 e. The molecule has 1 aliphatic rings. The van der Waals surface area contributed by atoms with Crippen molar-refractivity contribution >= 4 is 23.1 Å². The Morgan fingerprint density at radius 3 is 2.13 bits per heavy atom. The summed E-state index contributed by atoms with van der Waals surface area (Å²) in [7, 11) is 0. The maximum absolute atomic E-state index is 12.6. The molecule has 1 atom stereocenters. The van der Waals surface area contributed by atoms with Gasteiger partial charge in [-0.25, -0.2) is 0 Å². The summed E-state index contributed by atoms with van der Waals surface area (Å²) >= 11 is 5.98. The van der Waals surface area contributed by atoms with E-state index in [2.05, 4.69) is 4.79 Å². The van der Waals surface area contributed by atoms with Gasteiger partial charge in [0.1, 0.15) is 5.60 Å². The fourth-order valence-corrected chi connectivity index (χ4v) is 3.08. The van der Waals surface area contributed by atoms with Crippen molar-refractivity contribution < 1.29 is 14.3 Å². The summed E-state index contributed by atoms with van der Waals surface area (Å²) < 4.78 is 6.18. The highest BCUT2D eigenvalue weighted by molar-refractivity contribution is 6.45. The van der Waals surface area contributed by atoms with Crippen LogP contribution in [-0.4, -0.2) is 21.9 Å². The van der Waals surface area contributed by atoms with Crippen LogP contribution in [0.3, 0.4) is 0 Å². The molecule has 1 saturated heterocycles. The molecule has 23 heavy (non-hydrogen) atoms. The first kappa shape index (κ1) is 15.6. The molecular formula is C18H15ClN2O2.